The van der Waals surface area contributed by atoms with Crippen LogP contribution in [0.1, 0.15) is 32.3 Å². The molecule has 0 radical (unpaired) electrons. The molecule has 1 aromatic heterocycles. The minimum absolute atomic E-state index is 0. The van der Waals surface area contributed by atoms with Gasteiger partial charge in [0.2, 0.25) is 5.88 Å². The lowest BCUT2D eigenvalue weighted by Gasteiger charge is -2.24. The van der Waals surface area contributed by atoms with Gasteiger partial charge in [-0.15, -0.1) is 24.0 Å². The van der Waals surface area contributed by atoms with E-state index >= 15 is 0 Å². The minimum Gasteiger partial charge on any atom is -0.475 e. The van der Waals surface area contributed by atoms with Crippen molar-refractivity contribution in [2.75, 3.05) is 39.2 Å². The van der Waals surface area contributed by atoms with Crippen LogP contribution in [0.2, 0.25) is 0 Å². The first kappa shape index (κ1) is 23.3. The zero-order chi connectivity index (χ0) is 18.0. The summed E-state index contributed by atoms with van der Waals surface area (Å²) in [6, 6.07) is 3.90. The Morgan fingerprint density at radius 1 is 1.38 bits per heavy atom. The van der Waals surface area contributed by atoms with Gasteiger partial charge in [0.15, 0.2) is 5.96 Å². The Bertz CT molecular complexity index is 554. The topological polar surface area (TPSA) is 67.8 Å². The van der Waals surface area contributed by atoms with Gasteiger partial charge in [-0.2, -0.15) is 11.8 Å². The highest BCUT2D eigenvalue weighted by molar-refractivity contribution is 14.0. The molecule has 0 amide bonds. The van der Waals surface area contributed by atoms with Crippen LogP contribution in [-0.2, 0) is 11.3 Å². The maximum absolute atomic E-state index is 5.68. The lowest BCUT2D eigenvalue weighted by atomic mass is 10.1. The number of nitrogens with one attached hydrogen (secondary N) is 2. The molecule has 2 rings (SSSR count). The van der Waals surface area contributed by atoms with Gasteiger partial charge in [0.05, 0.1) is 13.2 Å². The molecule has 1 unspecified atom stereocenters. The molecular weight excluding hydrogens is 463 g/mol. The Morgan fingerprint density at radius 2 is 2.23 bits per heavy atom. The number of hydrogen-bond donors (Lipinski definition) is 2. The van der Waals surface area contributed by atoms with Crippen molar-refractivity contribution in [1.29, 1.82) is 0 Å². The van der Waals surface area contributed by atoms with E-state index in [-0.39, 0.29) is 24.0 Å². The number of aromatic nitrogens is 1. The maximum atomic E-state index is 5.68. The number of ether oxygens (including phenoxy) is 2. The van der Waals surface area contributed by atoms with Crippen molar-refractivity contribution in [3.05, 3.63) is 23.9 Å². The maximum Gasteiger partial charge on any atom is 0.218 e. The fourth-order valence-electron chi connectivity index (χ4n) is 2.65. The Hall–Kier alpha value is -0.740. The van der Waals surface area contributed by atoms with Crippen LogP contribution in [0.15, 0.2) is 23.3 Å². The number of hydrogen-bond acceptors (Lipinski definition) is 5. The third-order valence-electron chi connectivity index (χ3n) is 4.06. The molecule has 0 spiro atoms. The van der Waals surface area contributed by atoms with Gasteiger partial charge in [-0.25, -0.2) is 9.98 Å². The summed E-state index contributed by atoms with van der Waals surface area (Å²) in [4.78, 5) is 9.00. The molecule has 1 aliphatic rings. The molecule has 0 saturated carbocycles. The molecule has 1 saturated heterocycles. The molecule has 8 heteroatoms. The summed E-state index contributed by atoms with van der Waals surface area (Å²) < 4.78 is 11.0. The predicted octanol–water partition coefficient (Wildman–Crippen LogP) is 3.07. The first-order chi connectivity index (χ1) is 12.2. The second-order valence-corrected chi connectivity index (χ2v) is 7.94. The van der Waals surface area contributed by atoms with E-state index < -0.39 is 0 Å². The van der Waals surface area contributed by atoms with Crippen molar-refractivity contribution in [2.24, 2.45) is 4.99 Å². The van der Waals surface area contributed by atoms with Crippen LogP contribution in [0.25, 0.3) is 0 Å². The molecule has 2 N–H and O–H groups in total. The van der Waals surface area contributed by atoms with Crippen molar-refractivity contribution < 1.29 is 9.47 Å². The first-order valence-corrected chi connectivity index (χ1v) is 9.87. The normalized spacial score (nSPS) is 19.7. The molecule has 6 nitrogen and oxygen atoms in total. The van der Waals surface area contributed by atoms with Gasteiger partial charge in [0.25, 0.3) is 0 Å². The van der Waals surface area contributed by atoms with Crippen molar-refractivity contribution in [3.8, 4) is 5.88 Å². The molecule has 0 aliphatic carbocycles. The quantitative estimate of drug-likeness (QED) is 0.238. The Labute approximate surface area is 178 Å². The van der Waals surface area contributed by atoms with Gasteiger partial charge < -0.3 is 20.1 Å². The zero-order valence-electron chi connectivity index (χ0n) is 15.9. The van der Waals surface area contributed by atoms with Gasteiger partial charge >= 0.3 is 0 Å². The van der Waals surface area contributed by atoms with E-state index in [1.807, 2.05) is 23.9 Å². The van der Waals surface area contributed by atoms with Crippen molar-refractivity contribution in [2.45, 2.75) is 38.0 Å². The largest absolute Gasteiger partial charge is 0.475 e. The highest BCUT2D eigenvalue weighted by atomic mass is 127. The second-order valence-electron chi connectivity index (χ2n) is 6.26. The standard InChI is InChI=1S/C18H30N4O2S.HI/c1-4-19-17(22-14-18(2)8-6-12-25-18)21-13-15-7-5-9-20-16(15)24-11-10-23-3;/h5,7,9H,4,6,8,10-14H2,1-3H3,(H2,19,21,22);1H. The molecule has 2 heterocycles. The predicted molar refractivity (Wildman–Crippen MR) is 120 cm³/mol. The van der Waals surface area contributed by atoms with Crippen LogP contribution < -0.4 is 15.4 Å². The van der Waals surface area contributed by atoms with Gasteiger partial charge in [0, 0.05) is 36.7 Å². The summed E-state index contributed by atoms with van der Waals surface area (Å²) in [5.41, 5.74) is 0.970. The van der Waals surface area contributed by atoms with Crippen molar-refractivity contribution in [1.82, 2.24) is 15.6 Å². The summed E-state index contributed by atoms with van der Waals surface area (Å²) in [7, 11) is 1.66. The summed E-state index contributed by atoms with van der Waals surface area (Å²) in [6.07, 6.45) is 4.29. The highest BCUT2D eigenvalue weighted by Crippen LogP contribution is 2.36. The first-order valence-electron chi connectivity index (χ1n) is 8.88. The van der Waals surface area contributed by atoms with Crippen LogP contribution in [0.3, 0.4) is 0 Å². The number of thioether (sulfide) groups is 1. The van der Waals surface area contributed by atoms with Gasteiger partial charge in [-0.05, 0) is 38.5 Å². The Kier molecular flexibility index (Phi) is 11.3. The molecule has 0 bridgehead atoms. The molecule has 0 aromatic carbocycles. The fraction of sp³-hybridized carbons (Fsp3) is 0.667. The Morgan fingerprint density at radius 3 is 2.92 bits per heavy atom. The van der Waals surface area contributed by atoms with Crippen LogP contribution in [0.5, 0.6) is 5.88 Å². The van der Waals surface area contributed by atoms with Crippen LogP contribution in [-0.4, -0.2) is 54.9 Å². The van der Waals surface area contributed by atoms with Gasteiger partial charge in [-0.3, -0.25) is 0 Å². The third-order valence-corrected chi connectivity index (χ3v) is 5.60. The van der Waals surface area contributed by atoms with Gasteiger partial charge in [0.1, 0.15) is 6.61 Å². The van der Waals surface area contributed by atoms with E-state index in [1.54, 1.807) is 13.3 Å². The lowest BCUT2D eigenvalue weighted by molar-refractivity contribution is 0.143. The molecule has 1 atom stereocenters. The van der Waals surface area contributed by atoms with E-state index in [9.17, 15) is 0 Å². The third kappa shape index (κ3) is 7.87. The number of aliphatic imine (C=N–C) groups is 1. The van der Waals surface area contributed by atoms with Crippen LogP contribution >= 0.6 is 35.7 Å². The number of pyridine rings is 1. The number of nitrogens with zero attached hydrogens (tertiary/aromatic N) is 2. The van der Waals surface area contributed by atoms with Crippen LogP contribution in [0, 0.1) is 0 Å². The van der Waals surface area contributed by atoms with E-state index in [1.165, 1.54) is 18.6 Å². The van der Waals surface area contributed by atoms with E-state index in [0.717, 1.165) is 24.6 Å². The zero-order valence-corrected chi connectivity index (χ0v) is 19.1. The molecule has 148 valence electrons. The van der Waals surface area contributed by atoms with E-state index in [2.05, 4.69) is 29.5 Å². The molecule has 1 fully saturated rings. The monoisotopic (exact) mass is 494 g/mol. The fourth-order valence-corrected chi connectivity index (χ4v) is 3.89. The SMILES string of the molecule is CCNC(=NCc1cccnc1OCCOC)NCC1(C)CCCS1.I. The highest BCUT2D eigenvalue weighted by Gasteiger charge is 2.29. The molecule has 1 aliphatic heterocycles. The molecular formula is C18H31IN4O2S. The summed E-state index contributed by atoms with van der Waals surface area (Å²) in [6.45, 7) is 7.71. The lowest BCUT2D eigenvalue weighted by Crippen LogP contribution is -2.43. The summed E-state index contributed by atoms with van der Waals surface area (Å²) in [5, 5.41) is 6.80. The average molecular weight is 494 g/mol. The number of guanidine groups is 1. The molecule has 26 heavy (non-hydrogen) atoms. The summed E-state index contributed by atoms with van der Waals surface area (Å²) in [5.74, 6) is 2.71. The number of halogens is 1. The second kappa shape index (κ2) is 12.6. The van der Waals surface area contributed by atoms with Crippen LogP contribution in [0.4, 0.5) is 0 Å². The van der Waals surface area contributed by atoms with E-state index in [0.29, 0.717) is 30.4 Å². The number of methoxy groups -OCH3 is 1. The summed E-state index contributed by atoms with van der Waals surface area (Å²) >= 11 is 2.05. The van der Waals surface area contributed by atoms with Gasteiger partial charge in [-0.1, -0.05) is 6.07 Å². The smallest absolute Gasteiger partial charge is 0.218 e. The number of rotatable bonds is 9. The minimum atomic E-state index is 0. The average Bonchev–Trinajstić information content (AvgIpc) is 3.05. The Balaban J connectivity index is 0.00000338. The van der Waals surface area contributed by atoms with Crippen molar-refractivity contribution in [3.63, 3.8) is 0 Å². The van der Waals surface area contributed by atoms with Crippen molar-refractivity contribution >= 4 is 41.7 Å². The molecule has 1 aromatic rings. The van der Waals surface area contributed by atoms with E-state index in [4.69, 9.17) is 14.5 Å².